The third-order valence-electron chi connectivity index (χ3n) is 3.16. The first-order chi connectivity index (χ1) is 10.2. The van der Waals surface area contributed by atoms with Gasteiger partial charge in [0, 0.05) is 19.7 Å². The van der Waals surface area contributed by atoms with Gasteiger partial charge in [-0.15, -0.1) is 0 Å². The van der Waals surface area contributed by atoms with Crippen LogP contribution in [0.25, 0.3) is 0 Å². The van der Waals surface area contributed by atoms with Gasteiger partial charge < -0.3 is 19.8 Å². The number of guanidine groups is 1. The van der Waals surface area contributed by atoms with Crippen LogP contribution in [-0.4, -0.2) is 31.8 Å². The van der Waals surface area contributed by atoms with Crippen LogP contribution in [0.3, 0.4) is 0 Å². The van der Waals surface area contributed by atoms with Crippen molar-refractivity contribution in [2.24, 2.45) is 10.9 Å². The van der Waals surface area contributed by atoms with Crippen LogP contribution in [0.15, 0.2) is 27.8 Å². The van der Waals surface area contributed by atoms with E-state index in [2.05, 4.69) is 36.4 Å². The SMILES string of the molecule is CCNC(=NCc1ccco1)NCCC(OCC)C(C)C. The minimum atomic E-state index is 0.287. The molecular formula is C16H29N3O2. The second-order valence-corrected chi connectivity index (χ2v) is 5.23. The Balaban J connectivity index is 2.41. The molecule has 1 heterocycles. The lowest BCUT2D eigenvalue weighted by atomic mass is 10.0. The Hall–Kier alpha value is -1.49. The number of hydrogen-bond acceptors (Lipinski definition) is 3. The van der Waals surface area contributed by atoms with E-state index in [1.165, 1.54) is 0 Å². The van der Waals surface area contributed by atoms with E-state index in [1.54, 1.807) is 6.26 Å². The zero-order valence-corrected chi connectivity index (χ0v) is 13.7. The van der Waals surface area contributed by atoms with E-state index >= 15 is 0 Å². The average Bonchev–Trinajstić information content (AvgIpc) is 2.96. The Labute approximate surface area is 128 Å². The van der Waals surface area contributed by atoms with Crippen LogP contribution in [0.4, 0.5) is 0 Å². The molecule has 0 bridgehead atoms. The maximum Gasteiger partial charge on any atom is 0.191 e. The molecule has 2 N–H and O–H groups in total. The Morgan fingerprint density at radius 2 is 2.14 bits per heavy atom. The smallest absolute Gasteiger partial charge is 0.191 e. The van der Waals surface area contributed by atoms with Gasteiger partial charge in [0.1, 0.15) is 12.3 Å². The van der Waals surface area contributed by atoms with Gasteiger partial charge in [0.15, 0.2) is 5.96 Å². The van der Waals surface area contributed by atoms with Crippen LogP contribution in [0, 0.1) is 5.92 Å². The molecule has 1 rings (SSSR count). The second-order valence-electron chi connectivity index (χ2n) is 5.23. The van der Waals surface area contributed by atoms with Gasteiger partial charge in [0.2, 0.25) is 0 Å². The fourth-order valence-electron chi connectivity index (χ4n) is 2.06. The van der Waals surface area contributed by atoms with Gasteiger partial charge in [-0.3, -0.25) is 0 Å². The molecule has 0 aliphatic heterocycles. The van der Waals surface area contributed by atoms with Gasteiger partial charge in [0.05, 0.1) is 12.4 Å². The number of aliphatic imine (C=N–C) groups is 1. The van der Waals surface area contributed by atoms with E-state index in [0.717, 1.165) is 37.8 Å². The highest BCUT2D eigenvalue weighted by Crippen LogP contribution is 2.09. The lowest BCUT2D eigenvalue weighted by molar-refractivity contribution is 0.0258. The second kappa shape index (κ2) is 10.3. The molecule has 21 heavy (non-hydrogen) atoms. The molecule has 1 aromatic rings. The van der Waals surface area contributed by atoms with Crippen molar-refractivity contribution in [3.8, 4) is 0 Å². The van der Waals surface area contributed by atoms with Crippen molar-refractivity contribution in [1.29, 1.82) is 0 Å². The van der Waals surface area contributed by atoms with Crippen molar-refractivity contribution in [2.45, 2.75) is 46.8 Å². The van der Waals surface area contributed by atoms with Crippen molar-refractivity contribution < 1.29 is 9.15 Å². The highest BCUT2D eigenvalue weighted by Gasteiger charge is 2.12. The van der Waals surface area contributed by atoms with Gasteiger partial charge >= 0.3 is 0 Å². The monoisotopic (exact) mass is 295 g/mol. The van der Waals surface area contributed by atoms with Crippen LogP contribution in [0.2, 0.25) is 0 Å². The van der Waals surface area contributed by atoms with E-state index < -0.39 is 0 Å². The maximum absolute atomic E-state index is 5.75. The van der Waals surface area contributed by atoms with Crippen molar-refractivity contribution in [1.82, 2.24) is 10.6 Å². The minimum absolute atomic E-state index is 0.287. The lowest BCUT2D eigenvalue weighted by Gasteiger charge is -2.21. The summed E-state index contributed by atoms with van der Waals surface area (Å²) in [4.78, 5) is 4.50. The Bertz CT molecular complexity index is 388. The maximum atomic E-state index is 5.75. The lowest BCUT2D eigenvalue weighted by Crippen LogP contribution is -2.39. The van der Waals surface area contributed by atoms with Crippen LogP contribution in [0.5, 0.6) is 0 Å². The molecule has 0 saturated heterocycles. The topological polar surface area (TPSA) is 58.8 Å². The molecule has 0 fully saturated rings. The van der Waals surface area contributed by atoms with Gasteiger partial charge in [-0.1, -0.05) is 13.8 Å². The first-order valence-electron chi connectivity index (χ1n) is 7.83. The summed E-state index contributed by atoms with van der Waals surface area (Å²) < 4.78 is 11.0. The van der Waals surface area contributed by atoms with E-state index in [9.17, 15) is 0 Å². The number of furan rings is 1. The molecule has 5 heteroatoms. The highest BCUT2D eigenvalue weighted by molar-refractivity contribution is 5.79. The van der Waals surface area contributed by atoms with Crippen molar-refractivity contribution in [3.63, 3.8) is 0 Å². The molecule has 120 valence electrons. The molecule has 5 nitrogen and oxygen atoms in total. The zero-order chi connectivity index (χ0) is 15.5. The van der Waals surface area contributed by atoms with Crippen molar-refractivity contribution in [2.75, 3.05) is 19.7 Å². The number of rotatable bonds is 9. The van der Waals surface area contributed by atoms with Crippen molar-refractivity contribution >= 4 is 5.96 Å². The summed E-state index contributed by atoms with van der Waals surface area (Å²) in [5, 5.41) is 6.58. The molecule has 0 aliphatic carbocycles. The Kier molecular flexibility index (Phi) is 8.59. The summed E-state index contributed by atoms with van der Waals surface area (Å²) in [6, 6.07) is 3.80. The molecule has 1 aromatic heterocycles. The molecule has 0 spiro atoms. The van der Waals surface area contributed by atoms with Gasteiger partial charge in [0.25, 0.3) is 0 Å². The quantitative estimate of drug-likeness (QED) is 0.543. The number of ether oxygens (including phenoxy) is 1. The molecule has 0 saturated carbocycles. The molecule has 0 aliphatic rings. The number of hydrogen-bond donors (Lipinski definition) is 2. The molecule has 1 atom stereocenters. The first kappa shape index (κ1) is 17.6. The first-order valence-corrected chi connectivity index (χ1v) is 7.83. The summed E-state index contributed by atoms with van der Waals surface area (Å²) in [5.74, 6) is 2.20. The van der Waals surface area contributed by atoms with E-state index in [1.807, 2.05) is 19.1 Å². The molecule has 1 unspecified atom stereocenters. The van der Waals surface area contributed by atoms with Gasteiger partial charge in [-0.2, -0.15) is 0 Å². The summed E-state index contributed by atoms with van der Waals surface area (Å²) >= 11 is 0. The minimum Gasteiger partial charge on any atom is -0.467 e. The van der Waals surface area contributed by atoms with Crippen LogP contribution in [0.1, 0.15) is 39.9 Å². The third kappa shape index (κ3) is 7.18. The van der Waals surface area contributed by atoms with E-state index in [0.29, 0.717) is 12.5 Å². The highest BCUT2D eigenvalue weighted by atomic mass is 16.5. The average molecular weight is 295 g/mol. The number of nitrogens with one attached hydrogen (secondary N) is 2. The molecule has 0 radical (unpaired) electrons. The predicted molar refractivity (Wildman–Crippen MR) is 86.4 cm³/mol. The van der Waals surface area contributed by atoms with Crippen LogP contribution in [-0.2, 0) is 11.3 Å². The van der Waals surface area contributed by atoms with Crippen LogP contribution < -0.4 is 10.6 Å². The predicted octanol–water partition coefficient (Wildman–Crippen LogP) is 2.79. The third-order valence-corrected chi connectivity index (χ3v) is 3.16. The van der Waals surface area contributed by atoms with Crippen LogP contribution >= 0.6 is 0 Å². The summed E-state index contributed by atoms with van der Waals surface area (Å²) in [6.07, 6.45) is 2.92. The Morgan fingerprint density at radius 1 is 1.33 bits per heavy atom. The largest absolute Gasteiger partial charge is 0.467 e. The van der Waals surface area contributed by atoms with Crippen molar-refractivity contribution in [3.05, 3.63) is 24.2 Å². The summed E-state index contributed by atoms with van der Waals surface area (Å²) in [6.45, 7) is 11.5. The summed E-state index contributed by atoms with van der Waals surface area (Å²) in [7, 11) is 0. The number of nitrogens with zero attached hydrogens (tertiary/aromatic N) is 1. The molecule has 0 aromatic carbocycles. The van der Waals surface area contributed by atoms with E-state index in [-0.39, 0.29) is 6.10 Å². The normalized spacial score (nSPS) is 13.5. The van der Waals surface area contributed by atoms with Gasteiger partial charge in [-0.05, 0) is 38.3 Å². The fraction of sp³-hybridized carbons (Fsp3) is 0.688. The zero-order valence-electron chi connectivity index (χ0n) is 13.7. The van der Waals surface area contributed by atoms with E-state index in [4.69, 9.17) is 9.15 Å². The molecular weight excluding hydrogens is 266 g/mol. The standard InChI is InChI=1S/C16H29N3O2/c1-5-17-16(19-12-14-8-7-11-21-14)18-10-9-15(13(3)4)20-6-2/h7-8,11,13,15H,5-6,9-10,12H2,1-4H3,(H2,17,18,19). The summed E-state index contributed by atoms with van der Waals surface area (Å²) in [5.41, 5.74) is 0. The Morgan fingerprint density at radius 3 is 2.71 bits per heavy atom. The fourth-order valence-corrected chi connectivity index (χ4v) is 2.06. The molecule has 0 amide bonds. The van der Waals surface area contributed by atoms with Gasteiger partial charge in [-0.25, -0.2) is 4.99 Å².